The summed E-state index contributed by atoms with van der Waals surface area (Å²) in [7, 11) is -2.41. The Bertz CT molecular complexity index is 1200. The molecule has 1 aliphatic carbocycles. The van der Waals surface area contributed by atoms with Crippen molar-refractivity contribution in [3.63, 3.8) is 0 Å². The van der Waals surface area contributed by atoms with Crippen molar-refractivity contribution in [2.24, 2.45) is 0 Å². The molecule has 0 aliphatic heterocycles. The molecule has 0 radical (unpaired) electrons. The first kappa shape index (κ1) is 21.1. The Morgan fingerprint density at radius 2 is 1.90 bits per heavy atom. The lowest BCUT2D eigenvalue weighted by atomic mass is 10.1. The summed E-state index contributed by atoms with van der Waals surface area (Å²) < 4.78 is 38.3. The van der Waals surface area contributed by atoms with E-state index in [1.165, 1.54) is 30.9 Å². The fourth-order valence-electron chi connectivity index (χ4n) is 3.08. The molecule has 1 aliphatic rings. The highest BCUT2D eigenvalue weighted by Crippen LogP contribution is 2.29. The van der Waals surface area contributed by atoms with Gasteiger partial charge in [0.2, 0.25) is 15.9 Å². The number of carbonyl (C=O) groups excluding carboxylic acids is 1. The molecule has 0 spiro atoms. The van der Waals surface area contributed by atoms with Gasteiger partial charge in [0.15, 0.2) is 0 Å². The molecule has 1 aromatic heterocycles. The second kappa shape index (κ2) is 8.52. The van der Waals surface area contributed by atoms with Gasteiger partial charge in [-0.25, -0.2) is 13.1 Å². The highest BCUT2D eigenvalue weighted by Gasteiger charge is 2.30. The Hall–Kier alpha value is -3.17. The van der Waals surface area contributed by atoms with E-state index in [1.807, 2.05) is 24.3 Å². The average molecular weight is 442 g/mol. The summed E-state index contributed by atoms with van der Waals surface area (Å²) in [6.45, 7) is 2.08. The number of rotatable bonds is 8. The number of hydrogen-bond acceptors (Lipinski definition) is 6. The number of sulfonamides is 1. The topological polar surface area (TPSA) is 111 Å². The van der Waals surface area contributed by atoms with E-state index in [1.54, 1.807) is 6.07 Å². The molecule has 0 atom stereocenters. The smallest absolute Gasteiger partial charge is 0.258 e. The summed E-state index contributed by atoms with van der Waals surface area (Å²) in [5.41, 5.74) is 2.82. The van der Waals surface area contributed by atoms with Crippen LogP contribution in [-0.4, -0.2) is 32.6 Å². The molecule has 0 unspecified atom stereocenters. The fourth-order valence-corrected chi connectivity index (χ4v) is 4.58. The quantitative estimate of drug-likeness (QED) is 0.553. The molecule has 1 fully saturated rings. The standard InChI is InChI=1S/C22H23N3O5S/c1-3-14-4-6-15(7-5-14)18-13-21(30-24-18)23-22(26)16-8-11-19(29-2)20(12-16)31(27,28)25-17-9-10-17/h4-8,11-13,17,25H,3,9-10H2,1-2H3,(H,23,26). The second-order valence-corrected chi connectivity index (χ2v) is 9.02. The predicted octanol–water partition coefficient (Wildman–Crippen LogP) is 3.61. The number of nitrogens with zero attached hydrogens (tertiary/aromatic N) is 1. The molecule has 31 heavy (non-hydrogen) atoms. The number of hydrogen-bond donors (Lipinski definition) is 2. The maximum Gasteiger partial charge on any atom is 0.258 e. The van der Waals surface area contributed by atoms with E-state index in [-0.39, 0.29) is 28.1 Å². The third kappa shape index (κ3) is 4.78. The Balaban J connectivity index is 1.53. The fraction of sp³-hybridized carbons (Fsp3) is 0.273. The lowest BCUT2D eigenvalue weighted by molar-refractivity contribution is 0.102. The minimum Gasteiger partial charge on any atom is -0.495 e. The molecule has 162 valence electrons. The number of carbonyl (C=O) groups is 1. The largest absolute Gasteiger partial charge is 0.495 e. The van der Waals surface area contributed by atoms with Crippen LogP contribution in [0.4, 0.5) is 5.88 Å². The van der Waals surface area contributed by atoms with Crippen LogP contribution in [0.25, 0.3) is 11.3 Å². The van der Waals surface area contributed by atoms with Crippen molar-refractivity contribution in [2.75, 3.05) is 12.4 Å². The number of ether oxygens (including phenoxy) is 1. The van der Waals surface area contributed by atoms with Gasteiger partial charge in [-0.2, -0.15) is 0 Å². The maximum absolute atomic E-state index is 12.7. The molecule has 0 bridgehead atoms. The van der Waals surface area contributed by atoms with E-state index < -0.39 is 15.9 Å². The van der Waals surface area contributed by atoms with Crippen LogP contribution in [0.5, 0.6) is 5.75 Å². The monoisotopic (exact) mass is 441 g/mol. The minimum atomic E-state index is -3.80. The summed E-state index contributed by atoms with van der Waals surface area (Å²) in [4.78, 5) is 12.6. The molecular weight excluding hydrogens is 418 g/mol. The van der Waals surface area contributed by atoms with E-state index in [0.29, 0.717) is 5.69 Å². The van der Waals surface area contributed by atoms with Crippen molar-refractivity contribution in [1.29, 1.82) is 0 Å². The van der Waals surface area contributed by atoms with E-state index in [2.05, 4.69) is 22.1 Å². The molecule has 3 aromatic rings. The molecule has 2 aromatic carbocycles. The van der Waals surface area contributed by atoms with Crippen LogP contribution in [0, 0.1) is 0 Å². The first-order valence-electron chi connectivity index (χ1n) is 9.97. The summed E-state index contributed by atoms with van der Waals surface area (Å²) in [6.07, 6.45) is 2.55. The number of benzene rings is 2. The van der Waals surface area contributed by atoms with Gasteiger partial charge in [-0.15, -0.1) is 0 Å². The summed E-state index contributed by atoms with van der Waals surface area (Å²) in [6, 6.07) is 13.7. The van der Waals surface area contributed by atoms with Gasteiger partial charge in [0, 0.05) is 23.2 Å². The van der Waals surface area contributed by atoms with Gasteiger partial charge in [-0.1, -0.05) is 36.3 Å². The van der Waals surface area contributed by atoms with E-state index in [4.69, 9.17) is 9.26 Å². The number of aromatic nitrogens is 1. The predicted molar refractivity (Wildman–Crippen MR) is 116 cm³/mol. The van der Waals surface area contributed by atoms with Crippen LogP contribution in [-0.2, 0) is 16.4 Å². The van der Waals surface area contributed by atoms with E-state index >= 15 is 0 Å². The SMILES string of the molecule is CCc1ccc(-c2cc(NC(=O)c3ccc(OC)c(S(=O)(=O)NC4CC4)c3)on2)cc1. The highest BCUT2D eigenvalue weighted by atomic mass is 32.2. The van der Waals surface area contributed by atoms with Crippen LogP contribution < -0.4 is 14.8 Å². The zero-order chi connectivity index (χ0) is 22.0. The van der Waals surface area contributed by atoms with Crippen LogP contribution in [0.3, 0.4) is 0 Å². The van der Waals surface area contributed by atoms with Crippen molar-refractivity contribution in [2.45, 2.75) is 37.1 Å². The lowest BCUT2D eigenvalue weighted by Crippen LogP contribution is -2.26. The van der Waals surface area contributed by atoms with Crippen LogP contribution >= 0.6 is 0 Å². The van der Waals surface area contributed by atoms with Crippen LogP contribution in [0.2, 0.25) is 0 Å². The normalized spacial score (nSPS) is 13.7. The van der Waals surface area contributed by atoms with E-state index in [0.717, 1.165) is 24.8 Å². The number of amides is 1. The zero-order valence-corrected chi connectivity index (χ0v) is 18.0. The molecule has 4 rings (SSSR count). The molecule has 0 saturated heterocycles. The Morgan fingerprint density at radius 3 is 2.55 bits per heavy atom. The van der Waals surface area contributed by atoms with Gasteiger partial charge < -0.3 is 9.26 Å². The molecule has 2 N–H and O–H groups in total. The second-order valence-electron chi connectivity index (χ2n) is 7.34. The van der Waals surface area contributed by atoms with Gasteiger partial charge in [0.25, 0.3) is 5.91 Å². The average Bonchev–Trinajstić information content (AvgIpc) is 3.46. The number of anilines is 1. The molecule has 1 saturated carbocycles. The molecule has 1 amide bonds. The van der Waals surface area contributed by atoms with Gasteiger partial charge in [-0.05, 0) is 43.0 Å². The summed E-state index contributed by atoms with van der Waals surface area (Å²) >= 11 is 0. The maximum atomic E-state index is 12.7. The Labute approximate surface area is 180 Å². The number of methoxy groups -OCH3 is 1. The third-order valence-electron chi connectivity index (χ3n) is 5.02. The van der Waals surface area contributed by atoms with Gasteiger partial charge in [0.05, 0.1) is 7.11 Å². The third-order valence-corrected chi connectivity index (χ3v) is 6.56. The van der Waals surface area contributed by atoms with Gasteiger partial charge in [0.1, 0.15) is 16.3 Å². The summed E-state index contributed by atoms with van der Waals surface area (Å²) in [5, 5.41) is 6.61. The number of aryl methyl sites for hydroxylation is 1. The molecule has 9 heteroatoms. The van der Waals surface area contributed by atoms with Gasteiger partial charge in [-0.3, -0.25) is 10.1 Å². The first-order chi connectivity index (χ1) is 14.9. The number of nitrogens with one attached hydrogen (secondary N) is 2. The highest BCUT2D eigenvalue weighted by molar-refractivity contribution is 7.89. The van der Waals surface area contributed by atoms with Crippen molar-refractivity contribution < 1.29 is 22.5 Å². The first-order valence-corrected chi connectivity index (χ1v) is 11.5. The van der Waals surface area contributed by atoms with Crippen molar-refractivity contribution in [3.8, 4) is 17.0 Å². The van der Waals surface area contributed by atoms with Crippen LogP contribution in [0.15, 0.2) is 57.9 Å². The van der Waals surface area contributed by atoms with Crippen molar-refractivity contribution in [1.82, 2.24) is 9.88 Å². The Morgan fingerprint density at radius 1 is 1.16 bits per heavy atom. The zero-order valence-electron chi connectivity index (χ0n) is 17.2. The molecular formula is C22H23N3O5S. The van der Waals surface area contributed by atoms with Crippen molar-refractivity contribution >= 4 is 21.8 Å². The molecule has 8 nitrogen and oxygen atoms in total. The van der Waals surface area contributed by atoms with Crippen molar-refractivity contribution in [3.05, 3.63) is 59.7 Å². The van der Waals surface area contributed by atoms with E-state index in [9.17, 15) is 13.2 Å². The van der Waals surface area contributed by atoms with Crippen LogP contribution in [0.1, 0.15) is 35.7 Å². The Kier molecular flexibility index (Phi) is 5.79. The summed E-state index contributed by atoms with van der Waals surface area (Å²) in [5.74, 6) is -0.187. The molecule has 1 heterocycles. The van der Waals surface area contributed by atoms with Gasteiger partial charge >= 0.3 is 0 Å². The lowest BCUT2D eigenvalue weighted by Gasteiger charge is -2.11. The minimum absolute atomic E-state index is 0.0637.